The van der Waals surface area contributed by atoms with Gasteiger partial charge in [0, 0.05) is 51.1 Å². The SMILES string of the molecule is CNC(=O)[C@@H](NC(=O)C1CN(C(=O)C2CCNC2)CC12CN(C(=O)[C@H]1CC1(C)C)C2)[C@@H](C)OCc1ccccc1. The Morgan fingerprint density at radius 3 is 2.33 bits per heavy atom. The van der Waals surface area contributed by atoms with Gasteiger partial charge < -0.3 is 30.5 Å². The second kappa shape index (κ2) is 11.1. The summed E-state index contributed by atoms with van der Waals surface area (Å²) in [6.07, 6.45) is 1.09. The molecule has 4 fully saturated rings. The van der Waals surface area contributed by atoms with E-state index >= 15 is 0 Å². The van der Waals surface area contributed by atoms with Gasteiger partial charge in [-0.15, -0.1) is 0 Å². The normalized spacial score (nSPS) is 27.6. The van der Waals surface area contributed by atoms with Crippen LogP contribution in [0.15, 0.2) is 30.3 Å². The van der Waals surface area contributed by atoms with Gasteiger partial charge in [-0.25, -0.2) is 0 Å². The Morgan fingerprint density at radius 2 is 1.73 bits per heavy atom. The number of likely N-dealkylation sites (tertiary alicyclic amines) is 2. The molecule has 40 heavy (non-hydrogen) atoms. The highest BCUT2D eigenvalue weighted by atomic mass is 16.5. The van der Waals surface area contributed by atoms with Crippen molar-refractivity contribution in [2.24, 2.45) is 28.6 Å². The molecule has 3 aliphatic heterocycles. The van der Waals surface area contributed by atoms with Crippen molar-refractivity contribution in [2.75, 3.05) is 46.3 Å². The molecule has 3 saturated heterocycles. The number of rotatable bonds is 9. The zero-order valence-electron chi connectivity index (χ0n) is 24.1. The van der Waals surface area contributed by atoms with E-state index in [2.05, 4.69) is 29.8 Å². The van der Waals surface area contributed by atoms with Crippen LogP contribution >= 0.6 is 0 Å². The quantitative estimate of drug-likeness (QED) is 0.416. The van der Waals surface area contributed by atoms with E-state index in [1.807, 2.05) is 40.1 Å². The van der Waals surface area contributed by atoms with Crippen molar-refractivity contribution in [1.82, 2.24) is 25.8 Å². The number of nitrogens with one attached hydrogen (secondary N) is 3. The number of nitrogens with zero attached hydrogens (tertiary/aromatic N) is 2. The maximum Gasteiger partial charge on any atom is 0.245 e. The Balaban J connectivity index is 1.29. The first-order valence-corrected chi connectivity index (χ1v) is 14.5. The largest absolute Gasteiger partial charge is 0.371 e. The van der Waals surface area contributed by atoms with Gasteiger partial charge in [0.2, 0.25) is 23.6 Å². The molecule has 5 atom stereocenters. The fourth-order valence-electron chi connectivity index (χ4n) is 6.62. The van der Waals surface area contributed by atoms with Gasteiger partial charge in [-0.1, -0.05) is 44.2 Å². The second-order valence-corrected chi connectivity index (χ2v) is 12.9. The standard InChI is InChI=1S/C30H43N5O5/c1-19(40-15-20-8-6-5-7-9-20)24(26(37)31-4)33-25(36)23-14-34(27(38)21-10-11-32-13-21)16-30(23)17-35(18-30)28(39)22-12-29(22,2)3/h5-9,19,21-24,32H,10-18H2,1-4H3,(H,31,37)(H,33,36)/t19-,21?,22-,23?,24+/m1/s1. The van der Waals surface area contributed by atoms with Gasteiger partial charge in [-0.05, 0) is 37.3 Å². The molecule has 1 saturated carbocycles. The van der Waals surface area contributed by atoms with Crippen LogP contribution in [0, 0.1) is 28.6 Å². The molecule has 2 unspecified atom stereocenters. The van der Waals surface area contributed by atoms with Gasteiger partial charge in [0.05, 0.1) is 24.5 Å². The molecule has 3 N–H and O–H groups in total. The minimum atomic E-state index is -0.896. The third-order valence-corrected chi connectivity index (χ3v) is 9.47. The Labute approximate surface area is 236 Å². The van der Waals surface area contributed by atoms with Gasteiger partial charge in [0.1, 0.15) is 6.04 Å². The molecular formula is C30H43N5O5. The van der Waals surface area contributed by atoms with E-state index in [9.17, 15) is 19.2 Å². The van der Waals surface area contributed by atoms with E-state index in [-0.39, 0.29) is 47.4 Å². The Kier molecular flexibility index (Phi) is 7.94. The third kappa shape index (κ3) is 5.61. The summed E-state index contributed by atoms with van der Waals surface area (Å²) in [5.41, 5.74) is 0.488. The molecule has 0 bridgehead atoms. The first-order chi connectivity index (χ1) is 19.0. The Morgan fingerprint density at radius 1 is 1.05 bits per heavy atom. The molecule has 5 rings (SSSR count). The molecule has 1 spiro atoms. The van der Waals surface area contributed by atoms with Crippen LogP contribution in [0.25, 0.3) is 0 Å². The van der Waals surface area contributed by atoms with Gasteiger partial charge >= 0.3 is 0 Å². The molecule has 1 aliphatic carbocycles. The highest BCUT2D eigenvalue weighted by Gasteiger charge is 2.62. The maximum atomic E-state index is 13.9. The van der Waals surface area contributed by atoms with E-state index in [0.29, 0.717) is 32.8 Å². The Bertz CT molecular complexity index is 1130. The summed E-state index contributed by atoms with van der Waals surface area (Å²) >= 11 is 0. The number of carbonyl (C=O) groups is 4. The molecule has 10 heteroatoms. The van der Waals surface area contributed by atoms with Crippen molar-refractivity contribution in [3.63, 3.8) is 0 Å². The second-order valence-electron chi connectivity index (χ2n) is 12.9. The van der Waals surface area contributed by atoms with Crippen molar-refractivity contribution in [3.8, 4) is 0 Å². The zero-order valence-corrected chi connectivity index (χ0v) is 24.1. The van der Waals surface area contributed by atoms with E-state index in [4.69, 9.17) is 4.74 Å². The van der Waals surface area contributed by atoms with E-state index < -0.39 is 23.5 Å². The lowest BCUT2D eigenvalue weighted by Crippen LogP contribution is -2.65. The molecule has 4 aliphatic rings. The number of hydrogen-bond donors (Lipinski definition) is 3. The lowest BCUT2D eigenvalue weighted by Gasteiger charge is -2.50. The molecule has 10 nitrogen and oxygen atoms in total. The third-order valence-electron chi connectivity index (χ3n) is 9.47. The number of ether oxygens (including phenoxy) is 1. The van der Waals surface area contributed by atoms with Crippen molar-refractivity contribution in [1.29, 1.82) is 0 Å². The van der Waals surface area contributed by atoms with Crippen LogP contribution in [-0.4, -0.2) is 91.9 Å². The smallest absolute Gasteiger partial charge is 0.245 e. The monoisotopic (exact) mass is 553 g/mol. The van der Waals surface area contributed by atoms with Crippen LogP contribution in [-0.2, 0) is 30.5 Å². The lowest BCUT2D eigenvalue weighted by molar-refractivity contribution is -0.152. The maximum absolute atomic E-state index is 13.9. The highest BCUT2D eigenvalue weighted by Crippen LogP contribution is 2.54. The van der Waals surface area contributed by atoms with Crippen molar-refractivity contribution >= 4 is 23.6 Å². The molecular weight excluding hydrogens is 510 g/mol. The lowest BCUT2D eigenvalue weighted by atomic mass is 9.70. The topological polar surface area (TPSA) is 120 Å². The van der Waals surface area contributed by atoms with Crippen LogP contribution in [0.5, 0.6) is 0 Å². The first-order valence-electron chi connectivity index (χ1n) is 14.5. The fraction of sp³-hybridized carbons (Fsp3) is 0.667. The molecule has 1 aromatic rings. The highest BCUT2D eigenvalue weighted by molar-refractivity contribution is 5.91. The van der Waals surface area contributed by atoms with Crippen LogP contribution in [0.3, 0.4) is 0 Å². The first kappa shape index (κ1) is 28.5. The Hall–Kier alpha value is -2.98. The molecule has 1 aromatic carbocycles. The summed E-state index contributed by atoms with van der Waals surface area (Å²) in [5, 5.41) is 8.86. The number of likely N-dealkylation sites (N-methyl/N-ethyl adjacent to an activating group) is 1. The molecule has 0 aromatic heterocycles. The summed E-state index contributed by atoms with van der Waals surface area (Å²) < 4.78 is 6.00. The van der Waals surface area contributed by atoms with Crippen LogP contribution in [0.1, 0.15) is 39.2 Å². The predicted molar refractivity (Wildman–Crippen MR) is 149 cm³/mol. The average Bonchev–Trinajstić information content (AvgIpc) is 3.30. The van der Waals surface area contributed by atoms with E-state index in [0.717, 1.165) is 24.9 Å². The van der Waals surface area contributed by atoms with Crippen molar-refractivity contribution in [3.05, 3.63) is 35.9 Å². The van der Waals surface area contributed by atoms with Gasteiger partial charge in [0.25, 0.3) is 0 Å². The van der Waals surface area contributed by atoms with Crippen molar-refractivity contribution < 1.29 is 23.9 Å². The van der Waals surface area contributed by atoms with Gasteiger partial charge in [-0.3, -0.25) is 19.2 Å². The molecule has 3 heterocycles. The average molecular weight is 554 g/mol. The number of amides is 4. The fourth-order valence-corrected chi connectivity index (χ4v) is 6.62. The number of carbonyl (C=O) groups excluding carboxylic acids is 4. The summed E-state index contributed by atoms with van der Waals surface area (Å²) in [5.74, 6) is -0.985. The molecule has 0 radical (unpaired) electrons. The number of benzene rings is 1. The predicted octanol–water partition coefficient (Wildman–Crippen LogP) is 0.765. The van der Waals surface area contributed by atoms with Crippen LogP contribution < -0.4 is 16.0 Å². The zero-order chi connectivity index (χ0) is 28.7. The van der Waals surface area contributed by atoms with E-state index in [1.54, 1.807) is 6.92 Å². The minimum Gasteiger partial charge on any atom is -0.371 e. The van der Waals surface area contributed by atoms with Gasteiger partial charge in [0.15, 0.2) is 0 Å². The summed E-state index contributed by atoms with van der Waals surface area (Å²) in [4.78, 5) is 56.9. The van der Waals surface area contributed by atoms with Crippen molar-refractivity contribution in [2.45, 2.75) is 52.4 Å². The van der Waals surface area contributed by atoms with E-state index in [1.165, 1.54) is 7.05 Å². The summed E-state index contributed by atoms with van der Waals surface area (Å²) in [7, 11) is 1.54. The summed E-state index contributed by atoms with van der Waals surface area (Å²) in [6, 6.07) is 8.77. The molecule has 218 valence electrons. The minimum absolute atomic E-state index is 0.0282. The van der Waals surface area contributed by atoms with Gasteiger partial charge in [-0.2, -0.15) is 0 Å². The van der Waals surface area contributed by atoms with Crippen LogP contribution in [0.4, 0.5) is 0 Å². The summed E-state index contributed by atoms with van der Waals surface area (Å²) in [6.45, 7) is 9.40. The van der Waals surface area contributed by atoms with Crippen LogP contribution in [0.2, 0.25) is 0 Å². The molecule has 4 amide bonds. The number of hydrogen-bond acceptors (Lipinski definition) is 6.